The van der Waals surface area contributed by atoms with Gasteiger partial charge in [0, 0.05) is 29.9 Å². The van der Waals surface area contributed by atoms with Crippen LogP contribution >= 0.6 is 0 Å². The SMILES string of the molecule is CCN(CC)c1ccc(NC(=O)COC(=O)c2cc3ccccc3o2)cc1. The van der Waals surface area contributed by atoms with Crippen molar-refractivity contribution < 1.29 is 18.7 Å². The Morgan fingerprint density at radius 2 is 1.74 bits per heavy atom. The van der Waals surface area contributed by atoms with E-state index in [2.05, 4.69) is 24.1 Å². The van der Waals surface area contributed by atoms with Crippen molar-refractivity contribution in [2.75, 3.05) is 29.9 Å². The molecule has 1 amide bonds. The van der Waals surface area contributed by atoms with Crippen LogP contribution in [0.15, 0.2) is 59.0 Å². The van der Waals surface area contributed by atoms with Crippen LogP contribution in [0.2, 0.25) is 0 Å². The summed E-state index contributed by atoms with van der Waals surface area (Å²) in [5.41, 5.74) is 2.34. The molecule has 27 heavy (non-hydrogen) atoms. The Labute approximate surface area is 157 Å². The van der Waals surface area contributed by atoms with E-state index in [-0.39, 0.29) is 12.4 Å². The minimum absolute atomic E-state index is 0.0765. The molecular weight excluding hydrogens is 344 g/mol. The van der Waals surface area contributed by atoms with Gasteiger partial charge in [-0.05, 0) is 50.2 Å². The van der Waals surface area contributed by atoms with E-state index in [1.807, 2.05) is 42.5 Å². The summed E-state index contributed by atoms with van der Waals surface area (Å²) < 4.78 is 10.5. The summed E-state index contributed by atoms with van der Waals surface area (Å²) in [6.07, 6.45) is 0. The van der Waals surface area contributed by atoms with Gasteiger partial charge in [0.15, 0.2) is 6.61 Å². The van der Waals surface area contributed by atoms with E-state index in [0.717, 1.165) is 24.2 Å². The summed E-state index contributed by atoms with van der Waals surface area (Å²) >= 11 is 0. The van der Waals surface area contributed by atoms with Crippen molar-refractivity contribution in [3.05, 3.63) is 60.4 Å². The van der Waals surface area contributed by atoms with Crippen molar-refractivity contribution in [3.63, 3.8) is 0 Å². The number of hydrogen-bond donors (Lipinski definition) is 1. The van der Waals surface area contributed by atoms with E-state index >= 15 is 0 Å². The predicted molar refractivity (Wildman–Crippen MR) is 105 cm³/mol. The van der Waals surface area contributed by atoms with Gasteiger partial charge in [0.2, 0.25) is 5.76 Å². The van der Waals surface area contributed by atoms with Gasteiger partial charge in [-0.3, -0.25) is 4.79 Å². The standard InChI is InChI=1S/C21H22N2O4/c1-3-23(4-2)17-11-9-16(10-12-17)22-20(24)14-26-21(25)19-13-15-7-5-6-8-18(15)27-19/h5-13H,3-4,14H2,1-2H3,(H,22,24). The molecule has 6 nitrogen and oxygen atoms in total. The Hall–Kier alpha value is -3.28. The number of carbonyl (C=O) groups is 2. The second-order valence-corrected chi connectivity index (χ2v) is 5.99. The van der Waals surface area contributed by atoms with Gasteiger partial charge >= 0.3 is 5.97 Å². The molecule has 0 saturated carbocycles. The number of rotatable bonds is 7. The molecule has 0 bridgehead atoms. The summed E-state index contributed by atoms with van der Waals surface area (Å²) in [5, 5.41) is 3.52. The smallest absolute Gasteiger partial charge is 0.374 e. The number of para-hydroxylation sites is 1. The molecule has 0 unspecified atom stereocenters. The lowest BCUT2D eigenvalue weighted by molar-refractivity contribution is -0.119. The summed E-state index contributed by atoms with van der Waals surface area (Å²) in [6.45, 7) is 5.64. The Balaban J connectivity index is 1.54. The molecule has 1 N–H and O–H groups in total. The average Bonchev–Trinajstić information content (AvgIpc) is 3.13. The predicted octanol–water partition coefficient (Wildman–Crippen LogP) is 4.07. The number of amides is 1. The van der Waals surface area contributed by atoms with Crippen molar-refractivity contribution >= 4 is 34.2 Å². The molecule has 0 fully saturated rings. The van der Waals surface area contributed by atoms with E-state index < -0.39 is 11.9 Å². The number of anilines is 2. The molecule has 0 spiro atoms. The van der Waals surface area contributed by atoms with Crippen molar-refractivity contribution in [2.24, 2.45) is 0 Å². The molecule has 1 aromatic heterocycles. The largest absolute Gasteiger partial charge is 0.450 e. The molecule has 1 heterocycles. The quantitative estimate of drug-likeness (QED) is 0.638. The fraction of sp³-hybridized carbons (Fsp3) is 0.238. The van der Waals surface area contributed by atoms with Crippen molar-refractivity contribution in [1.82, 2.24) is 0 Å². The zero-order valence-electron chi connectivity index (χ0n) is 15.4. The normalized spacial score (nSPS) is 10.6. The Morgan fingerprint density at radius 3 is 2.41 bits per heavy atom. The van der Waals surface area contributed by atoms with Gasteiger partial charge in [-0.25, -0.2) is 4.79 Å². The van der Waals surface area contributed by atoms with Crippen LogP contribution in [0.1, 0.15) is 24.4 Å². The topological polar surface area (TPSA) is 71.8 Å². The molecule has 140 valence electrons. The number of ether oxygens (including phenoxy) is 1. The number of furan rings is 1. The van der Waals surface area contributed by atoms with Gasteiger partial charge < -0.3 is 19.4 Å². The summed E-state index contributed by atoms with van der Waals surface area (Å²) in [7, 11) is 0. The van der Waals surface area contributed by atoms with Gasteiger partial charge in [-0.2, -0.15) is 0 Å². The van der Waals surface area contributed by atoms with Gasteiger partial charge in [-0.15, -0.1) is 0 Å². The van der Waals surface area contributed by atoms with Crippen molar-refractivity contribution in [2.45, 2.75) is 13.8 Å². The number of fused-ring (bicyclic) bond motifs is 1. The third-order valence-electron chi connectivity index (χ3n) is 4.24. The first-order valence-corrected chi connectivity index (χ1v) is 8.91. The molecule has 2 aromatic carbocycles. The molecular formula is C21H22N2O4. The van der Waals surface area contributed by atoms with E-state index in [1.165, 1.54) is 0 Å². The van der Waals surface area contributed by atoms with Crippen LogP contribution in [0.3, 0.4) is 0 Å². The molecule has 0 aliphatic heterocycles. The molecule has 0 aliphatic rings. The first-order valence-electron chi connectivity index (χ1n) is 8.91. The maximum atomic E-state index is 12.1. The second kappa shape index (κ2) is 8.40. The number of benzene rings is 2. The van der Waals surface area contributed by atoms with Crippen LogP contribution in [0, 0.1) is 0 Å². The number of nitrogens with one attached hydrogen (secondary N) is 1. The van der Waals surface area contributed by atoms with Crippen LogP contribution in [0.4, 0.5) is 11.4 Å². The van der Waals surface area contributed by atoms with Crippen LogP contribution in [-0.4, -0.2) is 31.6 Å². The van der Waals surface area contributed by atoms with Gasteiger partial charge in [0.05, 0.1) is 0 Å². The van der Waals surface area contributed by atoms with E-state index in [4.69, 9.17) is 9.15 Å². The minimum Gasteiger partial charge on any atom is -0.450 e. The number of hydrogen-bond acceptors (Lipinski definition) is 5. The average molecular weight is 366 g/mol. The molecule has 0 saturated heterocycles. The van der Waals surface area contributed by atoms with E-state index in [0.29, 0.717) is 11.3 Å². The maximum absolute atomic E-state index is 12.1. The van der Waals surface area contributed by atoms with Gasteiger partial charge in [0.25, 0.3) is 5.91 Å². The summed E-state index contributed by atoms with van der Waals surface area (Å²) in [5.74, 6) is -0.999. The lowest BCUT2D eigenvalue weighted by Gasteiger charge is -2.21. The zero-order chi connectivity index (χ0) is 19.2. The Morgan fingerprint density at radius 1 is 1.04 bits per heavy atom. The second-order valence-electron chi connectivity index (χ2n) is 5.99. The highest BCUT2D eigenvalue weighted by atomic mass is 16.5. The van der Waals surface area contributed by atoms with Gasteiger partial charge in [-0.1, -0.05) is 18.2 Å². The molecule has 6 heteroatoms. The van der Waals surface area contributed by atoms with E-state index in [9.17, 15) is 9.59 Å². The number of nitrogens with zero attached hydrogens (tertiary/aromatic N) is 1. The Kier molecular flexibility index (Phi) is 5.76. The highest BCUT2D eigenvalue weighted by Gasteiger charge is 2.15. The summed E-state index contributed by atoms with van der Waals surface area (Å²) in [6, 6.07) is 16.4. The fourth-order valence-electron chi connectivity index (χ4n) is 2.83. The van der Waals surface area contributed by atoms with Crippen LogP contribution < -0.4 is 10.2 Å². The number of esters is 1. The maximum Gasteiger partial charge on any atom is 0.374 e. The molecule has 0 atom stereocenters. The summed E-state index contributed by atoms with van der Waals surface area (Å²) in [4.78, 5) is 26.3. The molecule has 3 rings (SSSR count). The molecule has 0 aliphatic carbocycles. The Bertz CT molecular complexity index is 894. The van der Waals surface area contributed by atoms with Crippen molar-refractivity contribution in [3.8, 4) is 0 Å². The van der Waals surface area contributed by atoms with E-state index in [1.54, 1.807) is 12.1 Å². The third-order valence-corrected chi connectivity index (χ3v) is 4.24. The van der Waals surface area contributed by atoms with Crippen molar-refractivity contribution in [1.29, 1.82) is 0 Å². The number of carbonyl (C=O) groups excluding carboxylic acids is 2. The fourth-order valence-corrected chi connectivity index (χ4v) is 2.83. The lowest BCUT2D eigenvalue weighted by Crippen LogP contribution is -2.22. The molecule has 0 radical (unpaired) electrons. The van der Waals surface area contributed by atoms with Crippen LogP contribution in [0.5, 0.6) is 0 Å². The first kappa shape index (κ1) is 18.5. The molecule has 3 aromatic rings. The van der Waals surface area contributed by atoms with Gasteiger partial charge in [0.1, 0.15) is 5.58 Å². The lowest BCUT2D eigenvalue weighted by atomic mass is 10.2. The highest BCUT2D eigenvalue weighted by Crippen LogP contribution is 2.20. The van der Waals surface area contributed by atoms with Crippen LogP contribution in [0.25, 0.3) is 11.0 Å². The third kappa shape index (κ3) is 4.47. The monoisotopic (exact) mass is 366 g/mol. The van der Waals surface area contributed by atoms with Crippen LogP contribution in [-0.2, 0) is 9.53 Å². The highest BCUT2D eigenvalue weighted by molar-refractivity contribution is 5.96. The zero-order valence-corrected chi connectivity index (χ0v) is 15.4. The first-order chi connectivity index (χ1) is 13.1. The minimum atomic E-state index is -0.668.